The summed E-state index contributed by atoms with van der Waals surface area (Å²) in [5, 5.41) is 22.1. The molecule has 2 aromatic carbocycles. The van der Waals surface area contributed by atoms with Gasteiger partial charge >= 0.3 is 0 Å². The Hall–Kier alpha value is -3.39. The maximum atomic E-state index is 12.5. The van der Waals surface area contributed by atoms with Gasteiger partial charge < -0.3 is 5.11 Å². The molecule has 0 saturated heterocycles. The molecule has 0 aliphatic heterocycles. The van der Waals surface area contributed by atoms with Crippen molar-refractivity contribution in [2.75, 3.05) is 0 Å². The molecule has 1 heterocycles. The maximum Gasteiger partial charge on any atom is 0.271 e. The number of hydrogen-bond acceptors (Lipinski definition) is 4. The normalized spacial score (nSPS) is 11.4. The number of nitriles is 1. The first-order chi connectivity index (χ1) is 12.9. The summed E-state index contributed by atoms with van der Waals surface area (Å²) in [6, 6.07) is 15.7. The Labute approximate surface area is 157 Å². The molecule has 5 heteroatoms. The molecule has 0 saturated carbocycles. The summed E-state index contributed by atoms with van der Waals surface area (Å²) in [4.78, 5) is 17.1. The van der Waals surface area contributed by atoms with Crippen molar-refractivity contribution in [2.45, 2.75) is 27.3 Å². The van der Waals surface area contributed by atoms with Crippen molar-refractivity contribution in [1.82, 2.24) is 4.57 Å². The van der Waals surface area contributed by atoms with Crippen molar-refractivity contribution in [3.63, 3.8) is 0 Å². The molecular formula is C22H21N3O2. The summed E-state index contributed by atoms with van der Waals surface area (Å²) in [6.07, 6.45) is 1.53. The Morgan fingerprint density at radius 3 is 2.63 bits per heavy atom. The van der Waals surface area contributed by atoms with E-state index in [1.165, 1.54) is 10.8 Å². The van der Waals surface area contributed by atoms with Crippen LogP contribution in [0.15, 0.2) is 52.3 Å². The molecule has 0 aliphatic carbocycles. The van der Waals surface area contributed by atoms with Gasteiger partial charge in [-0.25, -0.2) is 0 Å². The number of fused-ring (bicyclic) bond motifs is 1. The number of hydrogen-bond donors (Lipinski definition) is 1. The summed E-state index contributed by atoms with van der Waals surface area (Å²) in [5.41, 5.74) is 1.15. The first-order valence-corrected chi connectivity index (χ1v) is 8.82. The molecule has 0 spiro atoms. The first kappa shape index (κ1) is 18.4. The number of nitrogens with zero attached hydrogens (tertiary/aromatic N) is 3. The van der Waals surface area contributed by atoms with Gasteiger partial charge in [-0.05, 0) is 29.9 Å². The number of pyridine rings is 1. The van der Waals surface area contributed by atoms with E-state index in [1.54, 1.807) is 6.92 Å². The monoisotopic (exact) mass is 359 g/mol. The fourth-order valence-corrected chi connectivity index (χ4v) is 3.12. The lowest BCUT2D eigenvalue weighted by Gasteiger charge is -2.15. The fraction of sp³-hybridized carbons (Fsp3) is 0.227. The number of aliphatic imine (C=N–C) groups is 1. The lowest BCUT2D eigenvalue weighted by Crippen LogP contribution is -2.27. The van der Waals surface area contributed by atoms with Crippen LogP contribution in [0, 0.1) is 24.2 Å². The van der Waals surface area contributed by atoms with E-state index in [1.807, 2.05) is 62.4 Å². The van der Waals surface area contributed by atoms with Crippen LogP contribution in [0.25, 0.3) is 10.8 Å². The Morgan fingerprint density at radius 2 is 1.93 bits per heavy atom. The van der Waals surface area contributed by atoms with Gasteiger partial charge in [-0.15, -0.1) is 0 Å². The molecule has 0 atom stereocenters. The van der Waals surface area contributed by atoms with Gasteiger partial charge in [-0.3, -0.25) is 14.4 Å². The molecule has 0 aliphatic rings. The predicted octanol–water partition coefficient (Wildman–Crippen LogP) is 4.29. The van der Waals surface area contributed by atoms with E-state index in [4.69, 9.17) is 0 Å². The second-order valence-corrected chi connectivity index (χ2v) is 6.92. The summed E-state index contributed by atoms with van der Waals surface area (Å²) in [6.45, 7) is 5.88. The van der Waals surface area contributed by atoms with Gasteiger partial charge in [-0.1, -0.05) is 50.2 Å². The van der Waals surface area contributed by atoms with Gasteiger partial charge in [0.15, 0.2) is 0 Å². The maximum absolute atomic E-state index is 12.5. The summed E-state index contributed by atoms with van der Waals surface area (Å²) in [7, 11) is 0. The largest absolute Gasteiger partial charge is 0.494 e. The third kappa shape index (κ3) is 3.47. The molecule has 0 bridgehead atoms. The zero-order valence-electron chi connectivity index (χ0n) is 15.6. The fourth-order valence-electron chi connectivity index (χ4n) is 3.12. The van der Waals surface area contributed by atoms with Gasteiger partial charge in [0.05, 0.1) is 11.3 Å². The van der Waals surface area contributed by atoms with Crippen LogP contribution in [0.1, 0.15) is 30.5 Å². The molecule has 0 unspecified atom stereocenters. The van der Waals surface area contributed by atoms with E-state index >= 15 is 0 Å². The van der Waals surface area contributed by atoms with Crippen LogP contribution in [0.2, 0.25) is 0 Å². The standard InChI is InChI=1S/C22H21N3O2/c1-14(2)13-25-21(26)18(11-23)15(3)19(22(25)27)12-24-20-10-6-8-16-7-4-5-9-17(16)20/h4-10,12,14,27H,13H2,1-3H3. The third-order valence-corrected chi connectivity index (χ3v) is 4.49. The second kappa shape index (κ2) is 7.46. The van der Waals surface area contributed by atoms with E-state index in [9.17, 15) is 15.2 Å². The van der Waals surface area contributed by atoms with Crippen molar-refractivity contribution in [2.24, 2.45) is 10.9 Å². The predicted molar refractivity (Wildman–Crippen MR) is 108 cm³/mol. The van der Waals surface area contributed by atoms with Crippen molar-refractivity contribution < 1.29 is 5.11 Å². The van der Waals surface area contributed by atoms with Gasteiger partial charge in [0.2, 0.25) is 5.88 Å². The van der Waals surface area contributed by atoms with Crippen molar-refractivity contribution in [3.05, 3.63) is 69.5 Å². The molecule has 1 aromatic heterocycles. The molecular weight excluding hydrogens is 338 g/mol. The molecule has 1 N–H and O–H groups in total. The van der Waals surface area contributed by atoms with E-state index in [0.717, 1.165) is 16.5 Å². The third-order valence-electron chi connectivity index (χ3n) is 4.49. The van der Waals surface area contributed by atoms with Crippen molar-refractivity contribution in [1.29, 1.82) is 5.26 Å². The minimum atomic E-state index is -0.469. The SMILES string of the molecule is Cc1c(C=Nc2cccc3ccccc23)c(O)n(CC(C)C)c(=O)c1C#N. The van der Waals surface area contributed by atoms with Crippen molar-refractivity contribution >= 4 is 22.7 Å². The summed E-state index contributed by atoms with van der Waals surface area (Å²) in [5.74, 6) is -0.0140. The van der Waals surface area contributed by atoms with Crippen LogP contribution in [0.5, 0.6) is 5.88 Å². The van der Waals surface area contributed by atoms with Crippen molar-refractivity contribution in [3.8, 4) is 11.9 Å². The highest BCUT2D eigenvalue weighted by Gasteiger charge is 2.18. The minimum Gasteiger partial charge on any atom is -0.494 e. The molecule has 0 fully saturated rings. The van der Waals surface area contributed by atoms with Crippen LogP contribution >= 0.6 is 0 Å². The smallest absolute Gasteiger partial charge is 0.271 e. The van der Waals surface area contributed by atoms with E-state index in [2.05, 4.69) is 4.99 Å². The Balaban J connectivity index is 2.18. The van der Waals surface area contributed by atoms with Crippen LogP contribution in [-0.4, -0.2) is 15.9 Å². The molecule has 0 radical (unpaired) electrons. The van der Waals surface area contributed by atoms with Crippen LogP contribution in [0.4, 0.5) is 5.69 Å². The van der Waals surface area contributed by atoms with Gasteiger partial charge in [0, 0.05) is 18.1 Å². The summed E-state index contributed by atoms with van der Waals surface area (Å²) >= 11 is 0. The zero-order chi connectivity index (χ0) is 19.6. The number of benzene rings is 2. The Bertz CT molecular complexity index is 1130. The molecule has 27 heavy (non-hydrogen) atoms. The zero-order valence-corrected chi connectivity index (χ0v) is 15.6. The number of aromatic nitrogens is 1. The van der Waals surface area contributed by atoms with Gasteiger partial charge in [0.1, 0.15) is 11.6 Å². The molecule has 5 nitrogen and oxygen atoms in total. The number of aromatic hydroxyl groups is 1. The average molecular weight is 359 g/mol. The lowest BCUT2D eigenvalue weighted by molar-refractivity contribution is 0.381. The topological polar surface area (TPSA) is 78.4 Å². The first-order valence-electron chi connectivity index (χ1n) is 8.82. The Kier molecular flexibility index (Phi) is 5.09. The summed E-state index contributed by atoms with van der Waals surface area (Å²) < 4.78 is 1.25. The minimum absolute atomic E-state index is 0.0350. The van der Waals surface area contributed by atoms with Gasteiger partial charge in [0.25, 0.3) is 5.56 Å². The average Bonchev–Trinajstić information content (AvgIpc) is 2.65. The highest BCUT2D eigenvalue weighted by molar-refractivity contribution is 5.96. The lowest BCUT2D eigenvalue weighted by atomic mass is 10.1. The molecule has 3 aromatic rings. The van der Waals surface area contributed by atoms with Gasteiger partial charge in [-0.2, -0.15) is 5.26 Å². The quantitative estimate of drug-likeness (QED) is 0.706. The highest BCUT2D eigenvalue weighted by Crippen LogP contribution is 2.27. The molecule has 136 valence electrons. The van der Waals surface area contributed by atoms with E-state index in [-0.39, 0.29) is 17.4 Å². The van der Waals surface area contributed by atoms with E-state index < -0.39 is 5.56 Å². The molecule has 0 amide bonds. The highest BCUT2D eigenvalue weighted by atomic mass is 16.3. The van der Waals surface area contributed by atoms with E-state index in [0.29, 0.717) is 17.7 Å². The van der Waals surface area contributed by atoms with Crippen LogP contribution in [-0.2, 0) is 6.54 Å². The van der Waals surface area contributed by atoms with Crippen LogP contribution < -0.4 is 5.56 Å². The van der Waals surface area contributed by atoms with Crippen LogP contribution in [0.3, 0.4) is 0 Å². The Morgan fingerprint density at radius 1 is 1.22 bits per heavy atom. The second-order valence-electron chi connectivity index (χ2n) is 6.92. The molecule has 3 rings (SSSR count). The number of rotatable bonds is 4.